The average molecular weight is 215 g/mol. The van der Waals surface area contributed by atoms with Crippen molar-refractivity contribution < 1.29 is 4.43 Å². The molecule has 0 saturated carbocycles. The van der Waals surface area contributed by atoms with Gasteiger partial charge in [0.25, 0.3) is 0 Å². The molecule has 2 unspecified atom stereocenters. The van der Waals surface area contributed by atoms with Gasteiger partial charge in [-0.25, -0.2) is 0 Å². The molecule has 1 heterocycles. The Morgan fingerprint density at radius 3 is 2.46 bits per heavy atom. The van der Waals surface area contributed by atoms with Crippen LogP contribution in [0.2, 0.25) is 19.6 Å². The van der Waals surface area contributed by atoms with Crippen molar-refractivity contribution in [2.24, 2.45) is 5.92 Å². The van der Waals surface area contributed by atoms with Gasteiger partial charge in [0.1, 0.15) is 0 Å². The Hall–Kier alpha value is 0.0169. The number of hydrogen-bond donors (Lipinski definition) is 0. The molecule has 1 aliphatic heterocycles. The molecule has 1 fully saturated rings. The summed E-state index contributed by atoms with van der Waals surface area (Å²) in [5.74, 6) is 2.27. The first-order valence-corrected chi connectivity index (χ1v) is 9.15. The maximum atomic E-state index is 9.18. The first-order chi connectivity index (χ1) is 5.90. The molecule has 0 radical (unpaired) electrons. The third kappa shape index (κ3) is 2.49. The molecule has 1 rings (SSSR count). The van der Waals surface area contributed by atoms with E-state index in [-0.39, 0.29) is 0 Å². The summed E-state index contributed by atoms with van der Waals surface area (Å²) in [4.78, 5) is 0. The Bertz CT molecular complexity index is 233. The first kappa shape index (κ1) is 11.1. The minimum Gasteiger partial charge on any atom is -0.399 e. The molecule has 0 N–H and O–H groups in total. The fourth-order valence-corrected chi connectivity index (χ4v) is 4.47. The summed E-state index contributed by atoms with van der Waals surface area (Å²) in [5, 5.41) is 9.18. The van der Waals surface area contributed by atoms with Crippen LogP contribution in [-0.4, -0.2) is 25.4 Å². The van der Waals surface area contributed by atoms with Gasteiger partial charge in [0.2, 0.25) is 0 Å². The number of hydrogen-bond acceptors (Lipinski definition) is 3. The number of nitrogens with zero attached hydrogens (tertiary/aromatic N) is 1. The van der Waals surface area contributed by atoms with E-state index in [0.29, 0.717) is 5.92 Å². The van der Waals surface area contributed by atoms with Crippen LogP contribution in [0.4, 0.5) is 0 Å². The van der Waals surface area contributed by atoms with Crippen molar-refractivity contribution in [3.63, 3.8) is 0 Å². The molecule has 2 atom stereocenters. The average Bonchev–Trinajstić information content (AvgIpc) is 2.30. The van der Waals surface area contributed by atoms with Gasteiger partial charge in [-0.2, -0.15) is 17.0 Å². The summed E-state index contributed by atoms with van der Waals surface area (Å²) in [5.41, 5.74) is -0.491. The Morgan fingerprint density at radius 2 is 2.15 bits per heavy atom. The maximum absolute atomic E-state index is 9.18. The summed E-state index contributed by atoms with van der Waals surface area (Å²) < 4.78 is 6.00. The van der Waals surface area contributed by atoms with Crippen LogP contribution in [0.3, 0.4) is 0 Å². The van der Waals surface area contributed by atoms with Gasteiger partial charge in [0.15, 0.2) is 13.9 Å². The Balaban J connectivity index is 2.78. The number of rotatable bonds is 2. The number of thioether (sulfide) groups is 1. The third-order valence-corrected chi connectivity index (χ3v) is 4.50. The first-order valence-electron chi connectivity index (χ1n) is 4.59. The molecule has 0 spiro atoms. The highest BCUT2D eigenvalue weighted by Gasteiger charge is 2.45. The highest BCUT2D eigenvalue weighted by molar-refractivity contribution is 7.99. The van der Waals surface area contributed by atoms with E-state index in [0.717, 1.165) is 11.5 Å². The highest BCUT2D eigenvalue weighted by atomic mass is 32.2. The number of nitriles is 1. The molecule has 74 valence electrons. The van der Waals surface area contributed by atoms with Crippen LogP contribution in [0, 0.1) is 17.2 Å². The zero-order valence-corrected chi connectivity index (χ0v) is 10.6. The zero-order valence-electron chi connectivity index (χ0n) is 8.76. The van der Waals surface area contributed by atoms with E-state index in [1.807, 2.05) is 11.8 Å². The molecular formula is C9H17NOSSi. The van der Waals surface area contributed by atoms with Gasteiger partial charge < -0.3 is 4.43 Å². The molecule has 0 aromatic rings. The van der Waals surface area contributed by atoms with E-state index in [9.17, 15) is 5.26 Å². The van der Waals surface area contributed by atoms with E-state index in [1.54, 1.807) is 0 Å². The van der Waals surface area contributed by atoms with Gasteiger partial charge in [-0.05, 0) is 25.4 Å². The van der Waals surface area contributed by atoms with Crippen molar-refractivity contribution in [2.45, 2.75) is 32.2 Å². The maximum Gasteiger partial charge on any atom is 0.185 e. The predicted octanol–water partition coefficient (Wildman–Crippen LogP) is 2.48. The molecule has 0 aromatic heterocycles. The van der Waals surface area contributed by atoms with Crippen molar-refractivity contribution >= 4 is 20.1 Å². The van der Waals surface area contributed by atoms with Gasteiger partial charge in [-0.3, -0.25) is 0 Å². The van der Waals surface area contributed by atoms with Crippen molar-refractivity contribution in [2.75, 3.05) is 11.5 Å². The van der Waals surface area contributed by atoms with Gasteiger partial charge >= 0.3 is 0 Å². The molecule has 13 heavy (non-hydrogen) atoms. The monoisotopic (exact) mass is 215 g/mol. The zero-order chi connectivity index (χ0) is 10.1. The van der Waals surface area contributed by atoms with Gasteiger partial charge in [-0.1, -0.05) is 6.92 Å². The van der Waals surface area contributed by atoms with Gasteiger partial charge in [0.05, 0.1) is 6.07 Å². The van der Waals surface area contributed by atoms with Crippen molar-refractivity contribution in [3.05, 3.63) is 0 Å². The van der Waals surface area contributed by atoms with Crippen LogP contribution in [0.1, 0.15) is 6.92 Å². The summed E-state index contributed by atoms with van der Waals surface area (Å²) in [6.45, 7) is 8.54. The molecule has 0 amide bonds. The second-order valence-electron chi connectivity index (χ2n) is 4.63. The Labute approximate surface area is 85.8 Å². The minimum absolute atomic E-state index is 0.370. The van der Waals surface area contributed by atoms with Crippen LogP contribution in [-0.2, 0) is 4.43 Å². The van der Waals surface area contributed by atoms with Crippen LogP contribution < -0.4 is 0 Å². The van der Waals surface area contributed by atoms with E-state index in [4.69, 9.17) is 4.43 Å². The van der Waals surface area contributed by atoms with Crippen molar-refractivity contribution in [1.29, 1.82) is 5.26 Å². The van der Waals surface area contributed by atoms with Gasteiger partial charge in [-0.15, -0.1) is 0 Å². The van der Waals surface area contributed by atoms with Crippen LogP contribution in [0.15, 0.2) is 0 Å². The van der Waals surface area contributed by atoms with Gasteiger partial charge in [0, 0.05) is 11.7 Å². The second kappa shape index (κ2) is 3.64. The lowest BCUT2D eigenvalue weighted by Gasteiger charge is -2.32. The molecule has 1 aliphatic rings. The van der Waals surface area contributed by atoms with Crippen LogP contribution in [0.25, 0.3) is 0 Å². The van der Waals surface area contributed by atoms with Crippen molar-refractivity contribution in [1.82, 2.24) is 0 Å². The molecule has 0 aliphatic carbocycles. The second-order valence-corrected chi connectivity index (χ2v) is 10.1. The van der Waals surface area contributed by atoms with Crippen molar-refractivity contribution in [3.8, 4) is 6.07 Å². The largest absolute Gasteiger partial charge is 0.399 e. The Kier molecular flexibility index (Phi) is 3.11. The fraction of sp³-hybridized carbons (Fsp3) is 0.889. The summed E-state index contributed by atoms with van der Waals surface area (Å²) in [6, 6.07) is 2.38. The summed E-state index contributed by atoms with van der Waals surface area (Å²) in [7, 11) is -1.59. The standard InChI is InChI=1S/C9H17NOSSi/c1-8-5-12-7-9(8,6-10)11-13(2,3)4/h8H,5,7H2,1-4H3. The lowest BCUT2D eigenvalue weighted by atomic mass is 9.95. The predicted molar refractivity (Wildman–Crippen MR) is 59.3 cm³/mol. The summed E-state index contributed by atoms with van der Waals surface area (Å²) >= 11 is 1.83. The molecule has 1 saturated heterocycles. The minimum atomic E-state index is -1.59. The fourth-order valence-electron chi connectivity index (χ4n) is 1.51. The molecule has 2 nitrogen and oxygen atoms in total. The molecular weight excluding hydrogens is 198 g/mol. The lowest BCUT2D eigenvalue weighted by molar-refractivity contribution is 0.104. The van der Waals surface area contributed by atoms with E-state index in [2.05, 4.69) is 32.6 Å². The lowest BCUT2D eigenvalue weighted by Crippen LogP contribution is -2.45. The topological polar surface area (TPSA) is 33.0 Å². The van der Waals surface area contributed by atoms with E-state index < -0.39 is 13.9 Å². The highest BCUT2D eigenvalue weighted by Crippen LogP contribution is 2.37. The third-order valence-electron chi connectivity index (χ3n) is 2.16. The molecule has 0 bridgehead atoms. The van der Waals surface area contributed by atoms with E-state index >= 15 is 0 Å². The van der Waals surface area contributed by atoms with E-state index in [1.165, 1.54) is 0 Å². The van der Waals surface area contributed by atoms with Crippen LogP contribution >= 0.6 is 11.8 Å². The quantitative estimate of drug-likeness (QED) is 0.664. The normalized spacial score (nSPS) is 34.5. The smallest absolute Gasteiger partial charge is 0.185 e. The summed E-state index contributed by atoms with van der Waals surface area (Å²) in [6.07, 6.45) is 0. The SMILES string of the molecule is CC1CSCC1(C#N)O[Si](C)(C)C. The Morgan fingerprint density at radius 1 is 1.54 bits per heavy atom. The molecule has 0 aromatic carbocycles. The molecule has 4 heteroatoms. The van der Waals surface area contributed by atoms with Crippen LogP contribution in [0.5, 0.6) is 0 Å².